The standard InChI is InChI=1S/C18H24O/c1-18-10-3-5-16(18)14-7-8-15-12(13(14)9-11-18)4-2-6-17(15)19/h3,5,7,10,12-13,15,17,19H,2,4,6,8-9,11H2,1H3/t12-,13-,15?,17?,18+/m1/s1. The molecule has 1 nitrogen and oxygen atoms in total. The lowest BCUT2D eigenvalue weighted by Crippen LogP contribution is -2.42. The Labute approximate surface area is 116 Å². The van der Waals surface area contributed by atoms with Gasteiger partial charge in [-0.1, -0.05) is 37.6 Å². The summed E-state index contributed by atoms with van der Waals surface area (Å²) >= 11 is 0. The second-order valence-electron chi connectivity index (χ2n) is 7.22. The van der Waals surface area contributed by atoms with Gasteiger partial charge in [0.05, 0.1) is 6.10 Å². The van der Waals surface area contributed by atoms with Crippen LogP contribution in [0.5, 0.6) is 0 Å². The number of rotatable bonds is 0. The SMILES string of the molecule is C[C@@]12C=CC=C1C1=CCC3C(O)CCC[C@@H]3[C@H]1CC2. The van der Waals surface area contributed by atoms with Crippen molar-refractivity contribution in [3.05, 3.63) is 35.5 Å². The molecule has 102 valence electrons. The zero-order valence-electron chi connectivity index (χ0n) is 11.8. The first-order valence-electron chi connectivity index (χ1n) is 7.97. The number of fused-ring (bicyclic) bond motifs is 5. The van der Waals surface area contributed by atoms with E-state index in [1.807, 2.05) is 0 Å². The Balaban J connectivity index is 1.71. The van der Waals surface area contributed by atoms with Crippen molar-refractivity contribution in [3.8, 4) is 0 Å². The molecule has 0 aromatic carbocycles. The van der Waals surface area contributed by atoms with Crippen molar-refractivity contribution in [2.24, 2.45) is 23.2 Å². The molecule has 0 heterocycles. The molecule has 0 bridgehead atoms. The molecule has 0 radical (unpaired) electrons. The van der Waals surface area contributed by atoms with Gasteiger partial charge in [0.25, 0.3) is 0 Å². The lowest BCUT2D eigenvalue weighted by molar-refractivity contribution is 0.00724. The molecule has 4 aliphatic carbocycles. The fourth-order valence-corrected chi connectivity index (χ4v) is 5.17. The van der Waals surface area contributed by atoms with Crippen molar-refractivity contribution in [3.63, 3.8) is 0 Å². The summed E-state index contributed by atoms with van der Waals surface area (Å²) in [6, 6.07) is 0. The Bertz CT molecular complexity index is 484. The summed E-state index contributed by atoms with van der Waals surface area (Å²) in [5.74, 6) is 2.02. The summed E-state index contributed by atoms with van der Waals surface area (Å²) in [5, 5.41) is 10.3. The Morgan fingerprint density at radius 3 is 3.00 bits per heavy atom. The predicted octanol–water partition coefficient (Wildman–Crippen LogP) is 4.01. The van der Waals surface area contributed by atoms with Crippen LogP contribution in [0.25, 0.3) is 0 Å². The number of allylic oxidation sites excluding steroid dienone is 6. The van der Waals surface area contributed by atoms with E-state index in [1.165, 1.54) is 25.7 Å². The summed E-state index contributed by atoms with van der Waals surface area (Å²) in [5.41, 5.74) is 3.53. The first kappa shape index (κ1) is 12.0. The fraction of sp³-hybridized carbons (Fsp3) is 0.667. The second kappa shape index (κ2) is 4.09. The molecule has 4 aliphatic rings. The number of hydrogen-bond acceptors (Lipinski definition) is 1. The van der Waals surface area contributed by atoms with E-state index in [4.69, 9.17) is 0 Å². The molecule has 0 aromatic heterocycles. The molecule has 0 amide bonds. The van der Waals surface area contributed by atoms with Crippen molar-refractivity contribution in [1.29, 1.82) is 0 Å². The van der Waals surface area contributed by atoms with Crippen molar-refractivity contribution in [2.75, 3.05) is 0 Å². The second-order valence-corrected chi connectivity index (χ2v) is 7.22. The van der Waals surface area contributed by atoms with Gasteiger partial charge in [0.2, 0.25) is 0 Å². The van der Waals surface area contributed by atoms with Crippen molar-refractivity contribution < 1.29 is 5.11 Å². The van der Waals surface area contributed by atoms with Crippen LogP contribution in [-0.2, 0) is 0 Å². The van der Waals surface area contributed by atoms with E-state index in [0.717, 1.165) is 24.7 Å². The van der Waals surface area contributed by atoms with Crippen molar-refractivity contribution in [1.82, 2.24) is 0 Å². The highest BCUT2D eigenvalue weighted by Gasteiger charge is 2.46. The molecule has 5 atom stereocenters. The van der Waals surface area contributed by atoms with E-state index in [0.29, 0.717) is 11.3 Å². The van der Waals surface area contributed by atoms with Gasteiger partial charge in [-0.2, -0.15) is 0 Å². The molecule has 0 spiro atoms. The Kier molecular flexibility index (Phi) is 2.57. The van der Waals surface area contributed by atoms with Crippen LogP contribution in [-0.4, -0.2) is 11.2 Å². The minimum Gasteiger partial charge on any atom is -0.393 e. The van der Waals surface area contributed by atoms with Crippen LogP contribution in [0.3, 0.4) is 0 Å². The first-order chi connectivity index (χ1) is 9.19. The van der Waals surface area contributed by atoms with E-state index < -0.39 is 0 Å². The van der Waals surface area contributed by atoms with E-state index in [9.17, 15) is 5.11 Å². The van der Waals surface area contributed by atoms with Gasteiger partial charge in [-0.05, 0) is 61.0 Å². The van der Waals surface area contributed by atoms with Crippen molar-refractivity contribution in [2.45, 2.75) is 51.6 Å². The maximum Gasteiger partial charge on any atom is 0.0574 e. The van der Waals surface area contributed by atoms with Gasteiger partial charge >= 0.3 is 0 Å². The van der Waals surface area contributed by atoms with Crippen molar-refractivity contribution >= 4 is 0 Å². The molecule has 2 saturated carbocycles. The summed E-state index contributed by atoms with van der Waals surface area (Å²) in [6.07, 6.45) is 16.7. The highest BCUT2D eigenvalue weighted by molar-refractivity contribution is 5.50. The average molecular weight is 256 g/mol. The summed E-state index contributed by atoms with van der Waals surface area (Å²) < 4.78 is 0. The molecule has 0 saturated heterocycles. The van der Waals surface area contributed by atoms with Crippen LogP contribution in [0.4, 0.5) is 0 Å². The van der Waals surface area contributed by atoms with E-state index in [2.05, 4.69) is 31.2 Å². The van der Waals surface area contributed by atoms with Gasteiger partial charge < -0.3 is 5.11 Å². The third-order valence-electron chi connectivity index (χ3n) is 6.24. The molecule has 1 heteroatoms. The molecular formula is C18H24O. The minimum absolute atomic E-state index is 0.0412. The molecule has 4 rings (SSSR count). The highest BCUT2D eigenvalue weighted by atomic mass is 16.3. The van der Waals surface area contributed by atoms with E-state index >= 15 is 0 Å². The van der Waals surface area contributed by atoms with Gasteiger partial charge in [-0.3, -0.25) is 0 Å². The topological polar surface area (TPSA) is 20.2 Å². The van der Waals surface area contributed by atoms with Crippen LogP contribution in [0.1, 0.15) is 45.4 Å². The summed E-state index contributed by atoms with van der Waals surface area (Å²) in [7, 11) is 0. The third kappa shape index (κ3) is 1.64. The number of aliphatic hydroxyl groups is 1. The van der Waals surface area contributed by atoms with Crippen LogP contribution < -0.4 is 0 Å². The minimum atomic E-state index is -0.0412. The third-order valence-corrected chi connectivity index (χ3v) is 6.24. The quantitative estimate of drug-likeness (QED) is 0.694. The van der Waals surface area contributed by atoms with Gasteiger partial charge in [-0.15, -0.1) is 0 Å². The molecule has 19 heavy (non-hydrogen) atoms. The Morgan fingerprint density at radius 2 is 2.11 bits per heavy atom. The molecular weight excluding hydrogens is 232 g/mol. The monoisotopic (exact) mass is 256 g/mol. The first-order valence-corrected chi connectivity index (χ1v) is 7.97. The molecule has 1 N–H and O–H groups in total. The zero-order chi connectivity index (χ0) is 13.0. The largest absolute Gasteiger partial charge is 0.393 e. The Hall–Kier alpha value is -0.820. The van der Waals surface area contributed by atoms with E-state index in [1.54, 1.807) is 11.1 Å². The summed E-state index contributed by atoms with van der Waals surface area (Å²) in [4.78, 5) is 0. The number of hydrogen-bond donors (Lipinski definition) is 1. The smallest absolute Gasteiger partial charge is 0.0574 e. The predicted molar refractivity (Wildman–Crippen MR) is 77.6 cm³/mol. The lowest BCUT2D eigenvalue weighted by atomic mass is 9.56. The van der Waals surface area contributed by atoms with Crippen LogP contribution >= 0.6 is 0 Å². The summed E-state index contributed by atoms with van der Waals surface area (Å²) in [6.45, 7) is 2.39. The maximum absolute atomic E-state index is 10.3. The molecule has 2 unspecified atom stereocenters. The van der Waals surface area contributed by atoms with Crippen LogP contribution in [0, 0.1) is 23.2 Å². The maximum atomic E-state index is 10.3. The van der Waals surface area contributed by atoms with Crippen LogP contribution in [0.15, 0.2) is 35.5 Å². The fourth-order valence-electron chi connectivity index (χ4n) is 5.17. The van der Waals surface area contributed by atoms with Gasteiger partial charge in [-0.25, -0.2) is 0 Å². The van der Waals surface area contributed by atoms with Gasteiger partial charge in [0.15, 0.2) is 0 Å². The van der Waals surface area contributed by atoms with Crippen LogP contribution in [0.2, 0.25) is 0 Å². The molecule has 2 fully saturated rings. The molecule has 0 aliphatic heterocycles. The average Bonchev–Trinajstić information content (AvgIpc) is 2.80. The normalized spacial score (nSPS) is 47.9. The zero-order valence-corrected chi connectivity index (χ0v) is 11.8. The number of aliphatic hydroxyl groups excluding tert-OH is 1. The Morgan fingerprint density at radius 1 is 1.21 bits per heavy atom. The van der Waals surface area contributed by atoms with E-state index in [-0.39, 0.29) is 6.10 Å². The molecule has 0 aromatic rings. The van der Waals surface area contributed by atoms with Gasteiger partial charge in [0, 0.05) is 5.41 Å². The van der Waals surface area contributed by atoms with Gasteiger partial charge in [0.1, 0.15) is 0 Å². The highest BCUT2D eigenvalue weighted by Crippen LogP contribution is 2.56. The lowest BCUT2D eigenvalue weighted by Gasteiger charge is -2.49.